The smallest absolute Gasteiger partial charge is 0.280 e. The summed E-state index contributed by atoms with van der Waals surface area (Å²) in [6.07, 6.45) is 5.17. The number of hydrogen-bond acceptors (Lipinski definition) is 4. The van der Waals surface area contributed by atoms with E-state index in [0.29, 0.717) is 16.7 Å². The molecule has 16 heavy (non-hydrogen) atoms. The van der Waals surface area contributed by atoms with Crippen LogP contribution in [-0.4, -0.2) is 26.5 Å². The molecular weight excluding hydrogens is 274 g/mol. The SMILES string of the molecule is O=c1[nH]ncc(NCCn2cccn2)c1Br. The minimum atomic E-state index is -0.246. The molecule has 2 aromatic heterocycles. The minimum absolute atomic E-state index is 0.246. The molecule has 0 bridgehead atoms. The number of rotatable bonds is 4. The molecule has 0 saturated heterocycles. The van der Waals surface area contributed by atoms with Crippen LogP contribution in [0.5, 0.6) is 0 Å². The van der Waals surface area contributed by atoms with Crippen molar-refractivity contribution in [3.05, 3.63) is 39.5 Å². The zero-order chi connectivity index (χ0) is 11.4. The molecule has 0 radical (unpaired) electrons. The van der Waals surface area contributed by atoms with Gasteiger partial charge in [0, 0.05) is 18.9 Å². The highest BCUT2D eigenvalue weighted by molar-refractivity contribution is 9.10. The zero-order valence-electron chi connectivity index (χ0n) is 8.35. The summed E-state index contributed by atoms with van der Waals surface area (Å²) in [6.45, 7) is 1.40. The second kappa shape index (κ2) is 4.93. The molecular formula is C9H10BrN5O. The predicted molar refractivity (Wildman–Crippen MR) is 63.3 cm³/mol. The fourth-order valence-electron chi connectivity index (χ4n) is 1.24. The molecule has 0 atom stereocenters. The molecule has 0 unspecified atom stereocenters. The minimum Gasteiger partial charge on any atom is -0.381 e. The van der Waals surface area contributed by atoms with E-state index in [1.807, 2.05) is 16.9 Å². The summed E-state index contributed by atoms with van der Waals surface area (Å²) >= 11 is 3.19. The van der Waals surface area contributed by atoms with Crippen molar-refractivity contribution >= 4 is 21.6 Å². The second-order valence-corrected chi connectivity index (χ2v) is 3.92. The molecule has 0 aliphatic carbocycles. The number of aromatic nitrogens is 4. The maximum Gasteiger partial charge on any atom is 0.280 e. The first kappa shape index (κ1) is 10.9. The Bertz CT molecular complexity index is 507. The van der Waals surface area contributed by atoms with Crippen molar-refractivity contribution in [2.75, 3.05) is 11.9 Å². The second-order valence-electron chi connectivity index (χ2n) is 3.12. The lowest BCUT2D eigenvalue weighted by Gasteiger charge is -2.06. The number of hydrogen-bond donors (Lipinski definition) is 2. The van der Waals surface area contributed by atoms with E-state index < -0.39 is 0 Å². The Balaban J connectivity index is 1.95. The number of aromatic amines is 1. The third-order valence-corrected chi connectivity index (χ3v) is 2.80. The number of H-pyrrole nitrogens is 1. The molecule has 0 amide bonds. The van der Waals surface area contributed by atoms with Crippen LogP contribution < -0.4 is 10.9 Å². The predicted octanol–water partition coefficient (Wildman–Crippen LogP) is 0.841. The largest absolute Gasteiger partial charge is 0.381 e. The maximum absolute atomic E-state index is 11.2. The van der Waals surface area contributed by atoms with Gasteiger partial charge in [0.15, 0.2) is 0 Å². The van der Waals surface area contributed by atoms with Crippen molar-refractivity contribution in [1.82, 2.24) is 20.0 Å². The summed E-state index contributed by atoms with van der Waals surface area (Å²) in [5, 5.41) is 13.2. The van der Waals surface area contributed by atoms with Crippen LogP contribution in [0.2, 0.25) is 0 Å². The van der Waals surface area contributed by atoms with Crippen LogP contribution in [-0.2, 0) is 6.54 Å². The van der Waals surface area contributed by atoms with E-state index in [1.165, 1.54) is 0 Å². The van der Waals surface area contributed by atoms with Gasteiger partial charge < -0.3 is 5.32 Å². The van der Waals surface area contributed by atoms with Gasteiger partial charge in [0.05, 0.1) is 18.4 Å². The lowest BCUT2D eigenvalue weighted by atomic mass is 10.4. The van der Waals surface area contributed by atoms with Gasteiger partial charge in [0.25, 0.3) is 5.56 Å². The summed E-state index contributed by atoms with van der Waals surface area (Å²) < 4.78 is 2.27. The molecule has 2 aromatic rings. The van der Waals surface area contributed by atoms with Crippen LogP contribution in [0.1, 0.15) is 0 Å². The average molecular weight is 284 g/mol. The Kier molecular flexibility index (Phi) is 3.35. The number of nitrogens with zero attached hydrogens (tertiary/aromatic N) is 3. The lowest BCUT2D eigenvalue weighted by molar-refractivity contribution is 0.637. The van der Waals surface area contributed by atoms with Crippen LogP contribution in [0.25, 0.3) is 0 Å². The van der Waals surface area contributed by atoms with Gasteiger partial charge in [0.2, 0.25) is 0 Å². The molecule has 0 aliphatic heterocycles. The van der Waals surface area contributed by atoms with Crippen molar-refractivity contribution in [2.45, 2.75) is 6.54 Å². The maximum atomic E-state index is 11.2. The molecule has 0 spiro atoms. The highest BCUT2D eigenvalue weighted by Gasteiger charge is 2.02. The highest BCUT2D eigenvalue weighted by Crippen LogP contribution is 2.14. The van der Waals surface area contributed by atoms with Crippen LogP contribution in [0, 0.1) is 0 Å². The Morgan fingerprint density at radius 3 is 3.19 bits per heavy atom. The molecule has 84 valence electrons. The van der Waals surface area contributed by atoms with Crippen LogP contribution >= 0.6 is 15.9 Å². The zero-order valence-corrected chi connectivity index (χ0v) is 9.94. The van der Waals surface area contributed by atoms with E-state index in [-0.39, 0.29) is 5.56 Å². The van der Waals surface area contributed by atoms with Crippen molar-refractivity contribution in [3.63, 3.8) is 0 Å². The average Bonchev–Trinajstić information content (AvgIpc) is 2.77. The summed E-state index contributed by atoms with van der Waals surface area (Å²) in [6, 6.07) is 1.87. The lowest BCUT2D eigenvalue weighted by Crippen LogP contribution is -2.15. The van der Waals surface area contributed by atoms with Gasteiger partial charge in [-0.05, 0) is 22.0 Å². The molecule has 2 N–H and O–H groups in total. The first-order chi connectivity index (χ1) is 7.77. The van der Waals surface area contributed by atoms with Gasteiger partial charge in [-0.15, -0.1) is 0 Å². The van der Waals surface area contributed by atoms with Gasteiger partial charge in [-0.3, -0.25) is 9.48 Å². The van der Waals surface area contributed by atoms with Gasteiger partial charge in [0.1, 0.15) is 4.47 Å². The van der Waals surface area contributed by atoms with E-state index in [1.54, 1.807) is 12.4 Å². The summed E-state index contributed by atoms with van der Waals surface area (Å²) in [5.74, 6) is 0. The van der Waals surface area contributed by atoms with E-state index in [9.17, 15) is 4.79 Å². The van der Waals surface area contributed by atoms with Crippen LogP contribution in [0.4, 0.5) is 5.69 Å². The van der Waals surface area contributed by atoms with Crippen LogP contribution in [0.3, 0.4) is 0 Å². The topological polar surface area (TPSA) is 75.6 Å². The Morgan fingerprint density at radius 1 is 1.56 bits per heavy atom. The molecule has 0 saturated carbocycles. The van der Waals surface area contributed by atoms with Crippen molar-refractivity contribution in [2.24, 2.45) is 0 Å². The standard InChI is InChI=1S/C9H10BrN5O/c10-8-7(6-12-14-9(8)16)11-3-5-15-4-1-2-13-15/h1-2,4,6H,3,5H2,(H2,11,14,16). The van der Waals surface area contributed by atoms with Gasteiger partial charge in [-0.1, -0.05) is 0 Å². The first-order valence-electron chi connectivity index (χ1n) is 4.72. The van der Waals surface area contributed by atoms with E-state index in [2.05, 4.69) is 36.5 Å². The fourth-order valence-corrected chi connectivity index (χ4v) is 1.58. The van der Waals surface area contributed by atoms with Gasteiger partial charge in [-0.2, -0.15) is 10.2 Å². The molecule has 0 fully saturated rings. The molecule has 7 heteroatoms. The molecule has 6 nitrogen and oxygen atoms in total. The molecule has 0 aliphatic rings. The number of nitrogens with one attached hydrogen (secondary N) is 2. The first-order valence-corrected chi connectivity index (χ1v) is 5.51. The molecule has 2 rings (SSSR count). The quantitative estimate of drug-likeness (QED) is 0.872. The molecule has 2 heterocycles. The summed E-state index contributed by atoms with van der Waals surface area (Å²) in [5.41, 5.74) is 0.431. The van der Waals surface area contributed by atoms with Crippen LogP contribution in [0.15, 0.2) is 33.9 Å². The van der Waals surface area contributed by atoms with Gasteiger partial charge >= 0.3 is 0 Å². The highest BCUT2D eigenvalue weighted by atomic mass is 79.9. The van der Waals surface area contributed by atoms with Crippen molar-refractivity contribution in [1.29, 1.82) is 0 Å². The van der Waals surface area contributed by atoms with E-state index in [4.69, 9.17) is 0 Å². The Labute approximate surface area is 99.8 Å². The fraction of sp³-hybridized carbons (Fsp3) is 0.222. The number of anilines is 1. The van der Waals surface area contributed by atoms with Crippen molar-refractivity contribution in [3.8, 4) is 0 Å². The number of halogens is 1. The third kappa shape index (κ3) is 2.48. The van der Waals surface area contributed by atoms with E-state index in [0.717, 1.165) is 6.54 Å². The third-order valence-electron chi connectivity index (χ3n) is 2.01. The molecule has 0 aromatic carbocycles. The summed E-state index contributed by atoms with van der Waals surface area (Å²) in [4.78, 5) is 11.2. The Morgan fingerprint density at radius 2 is 2.44 bits per heavy atom. The van der Waals surface area contributed by atoms with Crippen molar-refractivity contribution < 1.29 is 0 Å². The normalized spacial score (nSPS) is 10.3. The van der Waals surface area contributed by atoms with Gasteiger partial charge in [-0.25, -0.2) is 5.10 Å². The summed E-state index contributed by atoms with van der Waals surface area (Å²) in [7, 11) is 0. The van der Waals surface area contributed by atoms with E-state index >= 15 is 0 Å². The Hall–Kier alpha value is -1.63. The monoisotopic (exact) mass is 283 g/mol.